The van der Waals surface area contributed by atoms with Gasteiger partial charge in [-0.3, -0.25) is 4.79 Å². The van der Waals surface area contributed by atoms with Gasteiger partial charge in [-0.1, -0.05) is 66.7 Å². The molecular formula is C26H30O6. The van der Waals surface area contributed by atoms with Crippen molar-refractivity contribution in [2.24, 2.45) is 0 Å². The molecule has 0 amide bonds. The highest BCUT2D eigenvalue weighted by Crippen LogP contribution is 2.12. The summed E-state index contributed by atoms with van der Waals surface area (Å²) >= 11 is 0. The van der Waals surface area contributed by atoms with Crippen LogP contribution in [0, 0.1) is 0 Å². The van der Waals surface area contributed by atoms with Crippen molar-refractivity contribution in [3.63, 3.8) is 0 Å². The van der Waals surface area contributed by atoms with E-state index in [0.717, 1.165) is 32.0 Å². The van der Waals surface area contributed by atoms with Gasteiger partial charge in [0.15, 0.2) is 5.78 Å². The summed E-state index contributed by atoms with van der Waals surface area (Å²) in [5, 5.41) is 17.3. The van der Waals surface area contributed by atoms with Gasteiger partial charge >= 0.3 is 0 Å². The van der Waals surface area contributed by atoms with Crippen LogP contribution in [0.4, 0.5) is 0 Å². The van der Waals surface area contributed by atoms with Crippen LogP contribution in [-0.4, -0.2) is 54.6 Å². The highest BCUT2D eigenvalue weighted by molar-refractivity contribution is 5.93. The van der Waals surface area contributed by atoms with E-state index in [2.05, 4.69) is 0 Å². The number of phenolic OH excluding ortho intramolecular Hbond substituents is 2. The Hall–Kier alpha value is -3.19. The van der Waals surface area contributed by atoms with E-state index >= 15 is 0 Å². The van der Waals surface area contributed by atoms with Crippen molar-refractivity contribution in [2.45, 2.75) is 19.1 Å². The number of para-hydroxylation sites is 2. The highest BCUT2D eigenvalue weighted by Gasteiger charge is 2.26. The minimum Gasteiger partial charge on any atom is -0.508 e. The molecule has 0 aromatic heterocycles. The number of epoxide rings is 2. The minimum atomic E-state index is 0.121. The smallest absolute Gasteiger partial charge is 0.159 e. The van der Waals surface area contributed by atoms with Gasteiger partial charge in [-0.15, -0.1) is 0 Å². The summed E-state index contributed by atoms with van der Waals surface area (Å²) in [7, 11) is 0. The standard InChI is InChI=1S/C8H8O.C6H10O3.2C6H6O/c1-7(9)8-5-3-2-4-6-8;1(5-3-8-5)7-2-6-4-9-6;2*7-6-4-2-1-3-5-6/h2-6H,1H3;5-6H,1-4H2;2*1-5,7H. The van der Waals surface area contributed by atoms with E-state index < -0.39 is 0 Å². The molecule has 170 valence electrons. The molecule has 2 aliphatic rings. The maximum atomic E-state index is 10.6. The molecule has 0 aliphatic carbocycles. The lowest BCUT2D eigenvalue weighted by Gasteiger charge is -1.95. The lowest BCUT2D eigenvalue weighted by Crippen LogP contribution is -2.06. The van der Waals surface area contributed by atoms with Crippen LogP contribution in [0.2, 0.25) is 0 Å². The van der Waals surface area contributed by atoms with Crippen LogP contribution in [0.15, 0.2) is 91.0 Å². The highest BCUT2D eigenvalue weighted by atomic mass is 16.6. The summed E-state index contributed by atoms with van der Waals surface area (Å²) in [6, 6.07) is 26.7. The Bertz CT molecular complexity index is 813. The summed E-state index contributed by atoms with van der Waals surface area (Å²) in [5.41, 5.74) is 0.775. The second-order valence-corrected chi connectivity index (χ2v) is 7.04. The first-order chi connectivity index (χ1) is 15.5. The van der Waals surface area contributed by atoms with E-state index in [9.17, 15) is 4.79 Å². The number of aromatic hydroxyl groups is 2. The number of phenols is 2. The molecule has 2 unspecified atom stereocenters. The van der Waals surface area contributed by atoms with E-state index in [4.69, 9.17) is 24.4 Å². The number of hydrogen-bond donors (Lipinski definition) is 2. The maximum absolute atomic E-state index is 10.6. The molecular weight excluding hydrogens is 408 g/mol. The Morgan fingerprint density at radius 1 is 0.750 bits per heavy atom. The molecule has 2 aliphatic heterocycles. The van der Waals surface area contributed by atoms with Gasteiger partial charge in [-0.25, -0.2) is 0 Å². The number of carbonyl (C=O) groups is 1. The fourth-order valence-electron chi connectivity index (χ4n) is 2.19. The van der Waals surface area contributed by atoms with Crippen LogP contribution in [-0.2, 0) is 14.2 Å². The zero-order chi connectivity index (χ0) is 23.0. The number of ether oxygens (including phenoxy) is 3. The van der Waals surface area contributed by atoms with Crippen molar-refractivity contribution >= 4 is 5.78 Å². The molecule has 2 fully saturated rings. The van der Waals surface area contributed by atoms with Crippen LogP contribution in [0.5, 0.6) is 11.5 Å². The third-order valence-corrected chi connectivity index (χ3v) is 4.10. The fourth-order valence-corrected chi connectivity index (χ4v) is 2.19. The van der Waals surface area contributed by atoms with Gasteiger partial charge in [0, 0.05) is 5.56 Å². The third kappa shape index (κ3) is 13.2. The molecule has 0 spiro atoms. The van der Waals surface area contributed by atoms with E-state index in [1.54, 1.807) is 55.5 Å². The predicted octanol–water partition coefficient (Wildman–Crippen LogP) is 4.47. The van der Waals surface area contributed by atoms with Crippen LogP contribution >= 0.6 is 0 Å². The normalized spacial score (nSPS) is 17.2. The van der Waals surface area contributed by atoms with Crippen molar-refractivity contribution < 1.29 is 29.2 Å². The molecule has 2 atom stereocenters. The van der Waals surface area contributed by atoms with Crippen molar-refractivity contribution in [3.8, 4) is 11.5 Å². The number of benzene rings is 3. The predicted molar refractivity (Wildman–Crippen MR) is 123 cm³/mol. The lowest BCUT2D eigenvalue weighted by atomic mass is 10.2. The first kappa shape index (κ1) is 25.1. The SMILES string of the molecule is C(OCC1CO1)C1CO1.CC(=O)c1ccccc1.Oc1ccccc1.Oc1ccccc1. The molecule has 2 saturated heterocycles. The Kier molecular flexibility index (Phi) is 11.6. The molecule has 6 nitrogen and oxygen atoms in total. The molecule has 0 bridgehead atoms. The number of hydrogen-bond acceptors (Lipinski definition) is 6. The monoisotopic (exact) mass is 438 g/mol. The molecule has 32 heavy (non-hydrogen) atoms. The van der Waals surface area contributed by atoms with Gasteiger partial charge in [0.05, 0.1) is 26.4 Å². The second kappa shape index (κ2) is 14.8. The zero-order valence-electron chi connectivity index (χ0n) is 18.2. The molecule has 3 aromatic rings. The number of rotatable bonds is 5. The van der Waals surface area contributed by atoms with E-state index in [1.165, 1.54) is 0 Å². The van der Waals surface area contributed by atoms with Gasteiger partial charge in [-0.2, -0.15) is 0 Å². The molecule has 0 radical (unpaired) electrons. The van der Waals surface area contributed by atoms with Gasteiger partial charge in [0.25, 0.3) is 0 Å². The topological polar surface area (TPSA) is 91.8 Å². The average molecular weight is 439 g/mol. The largest absolute Gasteiger partial charge is 0.508 e. The van der Waals surface area contributed by atoms with Crippen LogP contribution in [0.3, 0.4) is 0 Å². The van der Waals surface area contributed by atoms with Gasteiger partial charge < -0.3 is 24.4 Å². The quantitative estimate of drug-likeness (QED) is 0.451. The van der Waals surface area contributed by atoms with Crippen molar-refractivity contribution in [2.75, 3.05) is 26.4 Å². The molecule has 2 N–H and O–H groups in total. The van der Waals surface area contributed by atoms with Crippen LogP contribution in [0.1, 0.15) is 17.3 Å². The summed E-state index contributed by atoms with van der Waals surface area (Å²) in [6.45, 7) is 4.83. The number of Topliss-reactive ketones (excluding diaryl/α,β-unsaturated/α-hetero) is 1. The first-order valence-electron chi connectivity index (χ1n) is 10.4. The van der Waals surface area contributed by atoms with Crippen molar-refractivity contribution in [3.05, 3.63) is 96.6 Å². The second-order valence-electron chi connectivity index (χ2n) is 7.04. The van der Waals surface area contributed by atoms with E-state index in [0.29, 0.717) is 23.7 Å². The molecule has 2 heterocycles. The van der Waals surface area contributed by atoms with Crippen molar-refractivity contribution in [1.82, 2.24) is 0 Å². The molecule has 0 saturated carbocycles. The van der Waals surface area contributed by atoms with Crippen LogP contribution < -0.4 is 0 Å². The van der Waals surface area contributed by atoms with Crippen LogP contribution in [0.25, 0.3) is 0 Å². The van der Waals surface area contributed by atoms with Crippen molar-refractivity contribution in [1.29, 1.82) is 0 Å². The average Bonchev–Trinajstić information content (AvgIpc) is 3.73. The van der Waals surface area contributed by atoms with Gasteiger partial charge in [0.2, 0.25) is 0 Å². The Morgan fingerprint density at radius 2 is 1.09 bits per heavy atom. The molecule has 6 heteroatoms. The van der Waals surface area contributed by atoms with Gasteiger partial charge in [-0.05, 0) is 31.2 Å². The summed E-state index contributed by atoms with van der Waals surface area (Å²) in [5.74, 6) is 0.764. The van der Waals surface area contributed by atoms with E-state index in [1.807, 2.05) is 42.5 Å². The number of carbonyl (C=O) groups excluding carboxylic acids is 1. The third-order valence-electron chi connectivity index (χ3n) is 4.10. The zero-order valence-corrected chi connectivity index (χ0v) is 18.2. The minimum absolute atomic E-state index is 0.121. The summed E-state index contributed by atoms with van der Waals surface area (Å²) < 4.78 is 15.1. The summed E-state index contributed by atoms with van der Waals surface area (Å²) in [4.78, 5) is 10.6. The Morgan fingerprint density at radius 3 is 1.31 bits per heavy atom. The fraction of sp³-hybridized carbons (Fsp3) is 0.269. The summed E-state index contributed by atoms with van der Waals surface area (Å²) in [6.07, 6.45) is 0.785. The Labute approximate surface area is 189 Å². The first-order valence-corrected chi connectivity index (χ1v) is 10.4. The maximum Gasteiger partial charge on any atom is 0.159 e. The number of ketones is 1. The molecule has 3 aromatic carbocycles. The van der Waals surface area contributed by atoms with Gasteiger partial charge in [0.1, 0.15) is 23.7 Å². The lowest BCUT2D eigenvalue weighted by molar-refractivity contribution is 0.101. The Balaban J connectivity index is 0.000000152. The molecule has 5 rings (SSSR count). The van der Waals surface area contributed by atoms with E-state index in [-0.39, 0.29) is 5.78 Å².